The van der Waals surface area contributed by atoms with Gasteiger partial charge in [0, 0.05) is 0 Å². The molecule has 1 aliphatic rings. The van der Waals surface area contributed by atoms with E-state index >= 15 is 0 Å². The van der Waals surface area contributed by atoms with Crippen molar-refractivity contribution in [2.45, 2.75) is 25.6 Å². The van der Waals surface area contributed by atoms with Crippen LogP contribution in [0.3, 0.4) is 0 Å². The first-order valence-electron chi connectivity index (χ1n) is 5.15. The highest BCUT2D eigenvalue weighted by molar-refractivity contribution is 9.10. The number of thioether (sulfide) groups is 1. The number of aromatic nitrogens is 1. The van der Waals surface area contributed by atoms with Gasteiger partial charge in [-0.2, -0.15) is 11.8 Å². The van der Waals surface area contributed by atoms with Crippen LogP contribution in [-0.4, -0.2) is 22.6 Å². The van der Waals surface area contributed by atoms with Gasteiger partial charge in [-0.1, -0.05) is 6.07 Å². The lowest BCUT2D eigenvalue weighted by atomic mass is 10.2. The Labute approximate surface area is 103 Å². The molecule has 2 heterocycles. The molecule has 82 valence electrons. The van der Waals surface area contributed by atoms with Crippen molar-refractivity contribution in [3.8, 4) is 0 Å². The number of nitrogens with zero attached hydrogens (tertiary/aromatic N) is 1. The van der Waals surface area contributed by atoms with Crippen LogP contribution in [0.5, 0.6) is 0 Å². The van der Waals surface area contributed by atoms with E-state index in [2.05, 4.69) is 20.9 Å². The number of hydrogen-bond donors (Lipinski definition) is 0. The fraction of sp³-hybridized carbons (Fsp3) is 0.545. The summed E-state index contributed by atoms with van der Waals surface area (Å²) in [6, 6.07) is 5.93. The summed E-state index contributed by atoms with van der Waals surface area (Å²) in [6.45, 7) is 0.634. The second-order valence-electron chi connectivity index (χ2n) is 3.57. The third kappa shape index (κ3) is 3.78. The van der Waals surface area contributed by atoms with E-state index in [0.717, 1.165) is 10.3 Å². The second-order valence-corrected chi connectivity index (χ2v) is 5.61. The molecule has 0 radical (unpaired) electrons. The van der Waals surface area contributed by atoms with Gasteiger partial charge in [-0.15, -0.1) is 0 Å². The molecular formula is C11H14BrNOS. The molecule has 0 saturated carbocycles. The minimum atomic E-state index is 0.437. The smallest absolute Gasteiger partial charge is 0.106 e. The number of pyridine rings is 1. The van der Waals surface area contributed by atoms with Crippen molar-refractivity contribution in [2.24, 2.45) is 0 Å². The second kappa shape index (κ2) is 5.87. The zero-order valence-electron chi connectivity index (χ0n) is 8.49. The van der Waals surface area contributed by atoms with E-state index in [-0.39, 0.29) is 0 Å². The SMILES string of the molecule is Brc1cccc(COC2CCSCC2)n1. The Kier molecular flexibility index (Phi) is 4.47. The summed E-state index contributed by atoms with van der Waals surface area (Å²) in [7, 11) is 0. The van der Waals surface area contributed by atoms with Gasteiger partial charge in [0.05, 0.1) is 18.4 Å². The number of ether oxygens (including phenoxy) is 1. The maximum Gasteiger partial charge on any atom is 0.106 e. The van der Waals surface area contributed by atoms with Gasteiger partial charge in [-0.25, -0.2) is 4.98 Å². The summed E-state index contributed by atoms with van der Waals surface area (Å²) in [5.41, 5.74) is 1.00. The molecule has 0 aliphatic carbocycles. The molecule has 0 atom stereocenters. The fourth-order valence-electron chi connectivity index (χ4n) is 1.58. The van der Waals surface area contributed by atoms with E-state index < -0.39 is 0 Å². The number of hydrogen-bond acceptors (Lipinski definition) is 3. The van der Waals surface area contributed by atoms with Crippen LogP contribution in [0.2, 0.25) is 0 Å². The summed E-state index contributed by atoms with van der Waals surface area (Å²) >= 11 is 5.38. The van der Waals surface area contributed by atoms with Crippen LogP contribution in [0.1, 0.15) is 18.5 Å². The van der Waals surface area contributed by atoms with Crippen LogP contribution in [0.25, 0.3) is 0 Å². The van der Waals surface area contributed by atoms with Crippen LogP contribution >= 0.6 is 27.7 Å². The van der Waals surface area contributed by atoms with E-state index in [1.165, 1.54) is 24.3 Å². The Balaban J connectivity index is 1.81. The maximum atomic E-state index is 5.83. The van der Waals surface area contributed by atoms with Crippen LogP contribution < -0.4 is 0 Å². The van der Waals surface area contributed by atoms with Gasteiger partial charge in [0.2, 0.25) is 0 Å². The third-order valence-electron chi connectivity index (χ3n) is 2.41. The first kappa shape index (κ1) is 11.4. The minimum Gasteiger partial charge on any atom is -0.372 e. The summed E-state index contributed by atoms with van der Waals surface area (Å²) in [5, 5.41) is 0. The molecule has 0 spiro atoms. The van der Waals surface area contributed by atoms with Gasteiger partial charge in [-0.3, -0.25) is 0 Å². The van der Waals surface area contributed by atoms with E-state index in [1.807, 2.05) is 30.0 Å². The summed E-state index contributed by atoms with van der Waals surface area (Å²) in [5.74, 6) is 2.47. The quantitative estimate of drug-likeness (QED) is 0.797. The van der Waals surface area contributed by atoms with Crippen molar-refractivity contribution in [1.29, 1.82) is 0 Å². The highest BCUT2D eigenvalue weighted by atomic mass is 79.9. The van der Waals surface area contributed by atoms with Crippen LogP contribution in [0, 0.1) is 0 Å². The van der Waals surface area contributed by atoms with Crippen LogP contribution in [-0.2, 0) is 11.3 Å². The normalized spacial score (nSPS) is 17.9. The van der Waals surface area contributed by atoms with Crippen LogP contribution in [0.4, 0.5) is 0 Å². The third-order valence-corrected chi connectivity index (χ3v) is 3.90. The molecular weight excluding hydrogens is 274 g/mol. The fourth-order valence-corrected chi connectivity index (χ4v) is 3.02. The standard InChI is InChI=1S/C11H14BrNOS/c12-11-3-1-2-9(13-11)8-14-10-4-6-15-7-5-10/h1-3,10H,4-8H2. The van der Waals surface area contributed by atoms with E-state index in [1.54, 1.807) is 0 Å². The summed E-state index contributed by atoms with van der Waals surface area (Å²) in [4.78, 5) is 4.34. The molecule has 1 aromatic rings. The molecule has 0 N–H and O–H groups in total. The van der Waals surface area contributed by atoms with Gasteiger partial charge in [-0.05, 0) is 52.4 Å². The van der Waals surface area contributed by atoms with E-state index in [4.69, 9.17) is 4.74 Å². The first-order valence-corrected chi connectivity index (χ1v) is 7.10. The molecule has 1 saturated heterocycles. The van der Waals surface area contributed by atoms with Crippen molar-refractivity contribution in [1.82, 2.24) is 4.98 Å². The Morgan fingerprint density at radius 2 is 2.20 bits per heavy atom. The molecule has 2 nitrogen and oxygen atoms in total. The highest BCUT2D eigenvalue weighted by Gasteiger charge is 2.13. The Bertz CT molecular complexity index is 315. The monoisotopic (exact) mass is 287 g/mol. The van der Waals surface area contributed by atoms with Crippen molar-refractivity contribution < 1.29 is 4.74 Å². The molecule has 1 aliphatic heterocycles. The number of halogens is 1. The van der Waals surface area contributed by atoms with Gasteiger partial charge < -0.3 is 4.74 Å². The molecule has 0 unspecified atom stereocenters. The molecule has 15 heavy (non-hydrogen) atoms. The van der Waals surface area contributed by atoms with Gasteiger partial charge in [0.25, 0.3) is 0 Å². The Morgan fingerprint density at radius 3 is 2.93 bits per heavy atom. The van der Waals surface area contributed by atoms with E-state index in [9.17, 15) is 0 Å². The summed E-state index contributed by atoms with van der Waals surface area (Å²) < 4.78 is 6.70. The Morgan fingerprint density at radius 1 is 1.40 bits per heavy atom. The van der Waals surface area contributed by atoms with Crippen molar-refractivity contribution in [3.05, 3.63) is 28.5 Å². The molecule has 0 bridgehead atoms. The minimum absolute atomic E-state index is 0.437. The van der Waals surface area contributed by atoms with E-state index in [0.29, 0.717) is 12.7 Å². The topological polar surface area (TPSA) is 22.1 Å². The molecule has 1 aromatic heterocycles. The largest absolute Gasteiger partial charge is 0.372 e. The van der Waals surface area contributed by atoms with Crippen molar-refractivity contribution in [2.75, 3.05) is 11.5 Å². The zero-order chi connectivity index (χ0) is 10.5. The van der Waals surface area contributed by atoms with Crippen molar-refractivity contribution >= 4 is 27.7 Å². The molecule has 0 aromatic carbocycles. The highest BCUT2D eigenvalue weighted by Crippen LogP contribution is 2.20. The zero-order valence-corrected chi connectivity index (χ0v) is 10.9. The molecule has 1 fully saturated rings. The van der Waals surface area contributed by atoms with Crippen molar-refractivity contribution in [3.63, 3.8) is 0 Å². The average Bonchev–Trinajstić information content (AvgIpc) is 2.28. The average molecular weight is 288 g/mol. The lowest BCUT2D eigenvalue weighted by Gasteiger charge is -2.21. The lowest BCUT2D eigenvalue weighted by Crippen LogP contribution is -2.19. The lowest BCUT2D eigenvalue weighted by molar-refractivity contribution is 0.0338. The van der Waals surface area contributed by atoms with Crippen LogP contribution in [0.15, 0.2) is 22.8 Å². The van der Waals surface area contributed by atoms with Gasteiger partial charge >= 0.3 is 0 Å². The molecule has 0 amide bonds. The molecule has 4 heteroatoms. The predicted molar refractivity (Wildman–Crippen MR) is 67.1 cm³/mol. The summed E-state index contributed by atoms with van der Waals surface area (Å²) in [6.07, 6.45) is 2.80. The predicted octanol–water partition coefficient (Wildman–Crippen LogP) is 3.26. The van der Waals surface area contributed by atoms with Gasteiger partial charge in [0.15, 0.2) is 0 Å². The maximum absolute atomic E-state index is 5.83. The first-order chi connectivity index (χ1) is 7.34. The van der Waals surface area contributed by atoms with Gasteiger partial charge in [0.1, 0.15) is 4.60 Å². The Hall–Kier alpha value is -0.0600. The number of rotatable bonds is 3. The molecule has 2 rings (SSSR count).